The highest BCUT2D eigenvalue weighted by atomic mass is 79.9. The number of hydrogen-bond acceptors (Lipinski definition) is 2. The fourth-order valence-corrected chi connectivity index (χ4v) is 1.18. The maximum Gasteiger partial charge on any atom is 0.106 e. The van der Waals surface area contributed by atoms with Gasteiger partial charge in [-0.15, -0.1) is 0 Å². The van der Waals surface area contributed by atoms with E-state index in [1.54, 1.807) is 0 Å². The van der Waals surface area contributed by atoms with Crippen molar-refractivity contribution in [2.75, 3.05) is 0 Å². The molecule has 3 heteroatoms. The molecule has 0 aliphatic heterocycles. The molecule has 0 aliphatic rings. The van der Waals surface area contributed by atoms with Crippen LogP contribution >= 0.6 is 15.9 Å². The molecule has 1 aromatic rings. The Balaban J connectivity index is 2.86. The fraction of sp³-hybridized carbons (Fsp3) is 0.375. The first-order valence-electron chi connectivity index (χ1n) is 3.54. The van der Waals surface area contributed by atoms with Crippen LogP contribution in [0.15, 0.2) is 22.8 Å². The van der Waals surface area contributed by atoms with Crippen LogP contribution in [0.3, 0.4) is 0 Å². The van der Waals surface area contributed by atoms with Gasteiger partial charge in [-0.2, -0.15) is 0 Å². The summed E-state index contributed by atoms with van der Waals surface area (Å²) >= 11 is 3.24. The Labute approximate surface area is 74.4 Å². The lowest BCUT2D eigenvalue weighted by atomic mass is 10.2. The molecule has 0 spiro atoms. The summed E-state index contributed by atoms with van der Waals surface area (Å²) in [6, 6.07) is 5.52. The van der Waals surface area contributed by atoms with Crippen LogP contribution in [0.2, 0.25) is 0 Å². The molecule has 11 heavy (non-hydrogen) atoms. The zero-order chi connectivity index (χ0) is 8.27. The van der Waals surface area contributed by atoms with Crippen molar-refractivity contribution in [1.82, 2.24) is 4.98 Å². The second-order valence-electron chi connectivity index (χ2n) is 2.31. The van der Waals surface area contributed by atoms with E-state index in [4.69, 9.17) is 0 Å². The molecule has 1 atom stereocenters. The molecule has 2 nitrogen and oxygen atoms in total. The van der Waals surface area contributed by atoms with Crippen LogP contribution in [0.1, 0.15) is 25.1 Å². The smallest absolute Gasteiger partial charge is 0.106 e. The Morgan fingerprint density at radius 1 is 1.64 bits per heavy atom. The second kappa shape index (κ2) is 3.83. The second-order valence-corrected chi connectivity index (χ2v) is 3.12. The number of nitrogens with zero attached hydrogens (tertiary/aromatic N) is 1. The van der Waals surface area contributed by atoms with E-state index in [0.29, 0.717) is 6.42 Å². The monoisotopic (exact) mass is 215 g/mol. The Morgan fingerprint density at radius 2 is 2.36 bits per heavy atom. The zero-order valence-electron chi connectivity index (χ0n) is 6.29. The molecule has 1 N–H and O–H groups in total. The van der Waals surface area contributed by atoms with Gasteiger partial charge in [0.1, 0.15) is 4.60 Å². The van der Waals surface area contributed by atoms with Gasteiger partial charge in [0.25, 0.3) is 0 Å². The Hall–Kier alpha value is -0.410. The first-order valence-corrected chi connectivity index (χ1v) is 4.34. The molecule has 0 amide bonds. The normalized spacial score (nSPS) is 13.0. The van der Waals surface area contributed by atoms with Crippen molar-refractivity contribution in [2.24, 2.45) is 0 Å². The van der Waals surface area contributed by atoms with Crippen LogP contribution in [0, 0.1) is 0 Å². The van der Waals surface area contributed by atoms with Crippen LogP contribution in [0.5, 0.6) is 0 Å². The zero-order valence-corrected chi connectivity index (χ0v) is 7.87. The number of hydrogen-bond donors (Lipinski definition) is 1. The van der Waals surface area contributed by atoms with Crippen molar-refractivity contribution >= 4 is 15.9 Å². The number of halogens is 1. The Kier molecular flexibility index (Phi) is 3.02. The molecule has 0 aliphatic carbocycles. The molecule has 0 fully saturated rings. The molecule has 60 valence electrons. The SMILES string of the molecule is CC[C@H](O)c1cccc(Br)n1. The molecular weight excluding hydrogens is 206 g/mol. The summed E-state index contributed by atoms with van der Waals surface area (Å²) in [6.07, 6.45) is 0.260. The lowest BCUT2D eigenvalue weighted by Crippen LogP contribution is -1.97. The van der Waals surface area contributed by atoms with Gasteiger partial charge in [0.15, 0.2) is 0 Å². The van der Waals surface area contributed by atoms with Crippen LogP contribution in [0.25, 0.3) is 0 Å². The predicted octanol–water partition coefficient (Wildman–Crippen LogP) is 2.29. The quantitative estimate of drug-likeness (QED) is 0.769. The van der Waals surface area contributed by atoms with Crippen molar-refractivity contribution in [3.05, 3.63) is 28.5 Å². The highest BCUT2D eigenvalue weighted by Crippen LogP contribution is 2.15. The van der Waals surface area contributed by atoms with Gasteiger partial charge in [-0.1, -0.05) is 13.0 Å². The third-order valence-corrected chi connectivity index (χ3v) is 1.91. The minimum absolute atomic E-state index is 0.438. The maximum absolute atomic E-state index is 9.37. The number of aliphatic hydroxyl groups is 1. The third kappa shape index (κ3) is 2.27. The average molecular weight is 216 g/mol. The molecule has 0 bridgehead atoms. The first kappa shape index (κ1) is 8.68. The van der Waals surface area contributed by atoms with Crippen molar-refractivity contribution in [1.29, 1.82) is 0 Å². The van der Waals surface area contributed by atoms with Gasteiger partial charge < -0.3 is 5.11 Å². The van der Waals surface area contributed by atoms with Gasteiger partial charge in [0, 0.05) is 0 Å². The van der Waals surface area contributed by atoms with E-state index in [-0.39, 0.29) is 0 Å². The lowest BCUT2D eigenvalue weighted by Gasteiger charge is -2.05. The molecule has 1 rings (SSSR count). The maximum atomic E-state index is 9.37. The minimum Gasteiger partial charge on any atom is -0.387 e. The highest BCUT2D eigenvalue weighted by molar-refractivity contribution is 9.10. The minimum atomic E-state index is -0.438. The van der Waals surface area contributed by atoms with Crippen LogP contribution in [-0.4, -0.2) is 10.1 Å². The molecule has 0 saturated carbocycles. The molecule has 1 aromatic heterocycles. The summed E-state index contributed by atoms with van der Waals surface area (Å²) < 4.78 is 0.766. The summed E-state index contributed by atoms with van der Waals surface area (Å²) in [4.78, 5) is 4.11. The Morgan fingerprint density at radius 3 is 2.91 bits per heavy atom. The summed E-state index contributed by atoms with van der Waals surface area (Å²) in [5, 5.41) is 9.37. The van der Waals surface area contributed by atoms with Gasteiger partial charge in [0.05, 0.1) is 11.8 Å². The largest absolute Gasteiger partial charge is 0.387 e. The van der Waals surface area contributed by atoms with Crippen LogP contribution in [-0.2, 0) is 0 Å². The molecule has 0 aromatic carbocycles. The summed E-state index contributed by atoms with van der Waals surface area (Å²) in [6.45, 7) is 1.92. The van der Waals surface area contributed by atoms with Crippen molar-refractivity contribution in [3.63, 3.8) is 0 Å². The van der Waals surface area contributed by atoms with E-state index in [1.165, 1.54) is 0 Å². The van der Waals surface area contributed by atoms with Gasteiger partial charge in [-0.25, -0.2) is 4.98 Å². The lowest BCUT2D eigenvalue weighted by molar-refractivity contribution is 0.168. The highest BCUT2D eigenvalue weighted by Gasteiger charge is 2.04. The standard InChI is InChI=1S/C8H10BrNO/c1-2-7(11)6-4-3-5-8(9)10-6/h3-5,7,11H,2H2,1H3/t7-/m0/s1. The van der Waals surface area contributed by atoms with Crippen LogP contribution in [0.4, 0.5) is 0 Å². The van der Waals surface area contributed by atoms with Gasteiger partial charge >= 0.3 is 0 Å². The van der Waals surface area contributed by atoms with Gasteiger partial charge in [0.2, 0.25) is 0 Å². The van der Waals surface area contributed by atoms with E-state index >= 15 is 0 Å². The topological polar surface area (TPSA) is 33.1 Å². The van der Waals surface area contributed by atoms with Crippen molar-refractivity contribution in [3.8, 4) is 0 Å². The summed E-state index contributed by atoms with van der Waals surface area (Å²) in [7, 11) is 0. The van der Waals surface area contributed by atoms with Gasteiger partial charge in [-0.3, -0.25) is 0 Å². The van der Waals surface area contributed by atoms with E-state index in [0.717, 1.165) is 10.3 Å². The predicted molar refractivity (Wildman–Crippen MR) is 47.2 cm³/mol. The molecular formula is C8H10BrNO. The van der Waals surface area contributed by atoms with Crippen molar-refractivity contribution < 1.29 is 5.11 Å². The average Bonchev–Trinajstić information content (AvgIpc) is 2.03. The Bertz CT molecular complexity index is 239. The van der Waals surface area contributed by atoms with E-state index < -0.39 is 6.10 Å². The summed E-state index contributed by atoms with van der Waals surface area (Å²) in [5.41, 5.74) is 0.724. The first-order chi connectivity index (χ1) is 5.24. The van der Waals surface area contributed by atoms with E-state index in [9.17, 15) is 5.11 Å². The molecule has 0 saturated heterocycles. The molecule has 0 unspecified atom stereocenters. The van der Waals surface area contributed by atoms with E-state index in [2.05, 4.69) is 20.9 Å². The van der Waals surface area contributed by atoms with Crippen LogP contribution < -0.4 is 0 Å². The number of rotatable bonds is 2. The molecule has 0 radical (unpaired) electrons. The number of aliphatic hydroxyl groups excluding tert-OH is 1. The number of pyridine rings is 1. The third-order valence-electron chi connectivity index (χ3n) is 1.46. The van der Waals surface area contributed by atoms with Gasteiger partial charge in [-0.05, 0) is 34.5 Å². The molecule has 1 heterocycles. The number of aromatic nitrogens is 1. The van der Waals surface area contributed by atoms with E-state index in [1.807, 2.05) is 25.1 Å². The van der Waals surface area contributed by atoms with Crippen molar-refractivity contribution in [2.45, 2.75) is 19.4 Å². The fourth-order valence-electron chi connectivity index (χ4n) is 0.819. The summed E-state index contributed by atoms with van der Waals surface area (Å²) in [5.74, 6) is 0.